The fourth-order valence-corrected chi connectivity index (χ4v) is 2.32. The van der Waals surface area contributed by atoms with E-state index in [-0.39, 0.29) is 5.56 Å². The highest BCUT2D eigenvalue weighted by Gasteiger charge is 2.30. The number of hydrogen-bond donors (Lipinski definition) is 1. The molecule has 1 aromatic heterocycles. The van der Waals surface area contributed by atoms with Crippen LogP contribution in [0.15, 0.2) is 18.2 Å². The molecule has 18 heavy (non-hydrogen) atoms. The van der Waals surface area contributed by atoms with Crippen LogP contribution in [0.2, 0.25) is 0 Å². The number of aromatic nitrogens is 4. The summed E-state index contributed by atoms with van der Waals surface area (Å²) in [4.78, 5) is 11.3. The average molecular weight is 356 g/mol. The smallest absolute Gasteiger partial charge is 0.337 e. The Bertz CT molecular complexity index is 621. The molecular formula is C11H9IN4O2. The summed E-state index contributed by atoms with van der Waals surface area (Å²) in [7, 11) is 0. The van der Waals surface area contributed by atoms with Gasteiger partial charge in [0.1, 0.15) is 0 Å². The predicted octanol–water partition coefficient (Wildman–Crippen LogP) is 1.84. The van der Waals surface area contributed by atoms with Crippen LogP contribution in [0.3, 0.4) is 0 Å². The van der Waals surface area contributed by atoms with Gasteiger partial charge in [-0.3, -0.25) is 0 Å². The van der Waals surface area contributed by atoms with E-state index in [1.165, 1.54) is 4.68 Å². The van der Waals surface area contributed by atoms with E-state index < -0.39 is 5.97 Å². The molecule has 0 saturated heterocycles. The minimum atomic E-state index is -0.972. The van der Waals surface area contributed by atoms with E-state index in [0.29, 0.717) is 11.6 Å². The number of nitrogens with zero attached hydrogens (tertiary/aromatic N) is 4. The molecule has 1 aromatic carbocycles. The molecule has 1 heterocycles. The standard InChI is InChI=1S/C11H9IN4O2/c12-7-3-4-9(8(5-7)11(17)18)16-10(6-1-2-6)13-14-15-16/h3-6H,1-2H2,(H,17,18). The lowest BCUT2D eigenvalue weighted by Crippen LogP contribution is -2.09. The maximum atomic E-state index is 11.3. The Morgan fingerprint density at radius 1 is 1.44 bits per heavy atom. The first-order valence-electron chi connectivity index (χ1n) is 5.48. The van der Waals surface area contributed by atoms with Gasteiger partial charge in [-0.15, -0.1) is 5.10 Å². The summed E-state index contributed by atoms with van der Waals surface area (Å²) in [6.45, 7) is 0. The SMILES string of the molecule is O=C(O)c1cc(I)ccc1-n1nnnc1C1CC1. The molecule has 0 unspecified atom stereocenters. The summed E-state index contributed by atoms with van der Waals surface area (Å²) in [6, 6.07) is 5.21. The van der Waals surface area contributed by atoms with Crippen molar-refractivity contribution in [3.8, 4) is 5.69 Å². The van der Waals surface area contributed by atoms with Gasteiger partial charge in [0.25, 0.3) is 0 Å². The van der Waals surface area contributed by atoms with Gasteiger partial charge < -0.3 is 5.11 Å². The number of tetrazole rings is 1. The lowest BCUT2D eigenvalue weighted by Gasteiger charge is -2.07. The lowest BCUT2D eigenvalue weighted by molar-refractivity contribution is 0.0696. The molecule has 92 valence electrons. The summed E-state index contributed by atoms with van der Waals surface area (Å²) in [6.07, 6.45) is 2.13. The van der Waals surface area contributed by atoms with Gasteiger partial charge in [0.15, 0.2) is 5.82 Å². The molecule has 3 rings (SSSR count). The number of rotatable bonds is 3. The molecule has 0 spiro atoms. The second kappa shape index (κ2) is 4.30. The van der Waals surface area contributed by atoms with Gasteiger partial charge in [0.05, 0.1) is 11.3 Å². The lowest BCUT2D eigenvalue weighted by atomic mass is 10.2. The van der Waals surface area contributed by atoms with E-state index in [1.807, 2.05) is 6.07 Å². The number of carboxylic acids is 1. The molecule has 2 aromatic rings. The van der Waals surface area contributed by atoms with Crippen LogP contribution in [0.5, 0.6) is 0 Å². The first-order valence-corrected chi connectivity index (χ1v) is 6.56. The minimum Gasteiger partial charge on any atom is -0.478 e. The maximum absolute atomic E-state index is 11.3. The highest BCUT2D eigenvalue weighted by molar-refractivity contribution is 14.1. The first kappa shape index (κ1) is 11.6. The Labute approximate surface area is 116 Å². The second-order valence-corrected chi connectivity index (χ2v) is 5.44. The van der Waals surface area contributed by atoms with Crippen molar-refractivity contribution in [3.63, 3.8) is 0 Å². The average Bonchev–Trinajstić information content (AvgIpc) is 3.07. The molecule has 6 nitrogen and oxygen atoms in total. The third-order valence-electron chi connectivity index (χ3n) is 2.85. The first-order chi connectivity index (χ1) is 8.66. The number of carboxylic acid groups (broad SMARTS) is 1. The normalized spacial score (nSPS) is 14.7. The van der Waals surface area contributed by atoms with Crippen molar-refractivity contribution in [2.45, 2.75) is 18.8 Å². The fraction of sp³-hybridized carbons (Fsp3) is 0.273. The molecule has 1 saturated carbocycles. The van der Waals surface area contributed by atoms with Crippen LogP contribution in [-0.4, -0.2) is 31.3 Å². The summed E-state index contributed by atoms with van der Waals surface area (Å²) >= 11 is 2.08. The van der Waals surface area contributed by atoms with Crippen molar-refractivity contribution in [2.75, 3.05) is 0 Å². The van der Waals surface area contributed by atoms with Crippen molar-refractivity contribution in [3.05, 3.63) is 33.2 Å². The molecular weight excluding hydrogens is 347 g/mol. The van der Waals surface area contributed by atoms with Gasteiger partial charge >= 0.3 is 5.97 Å². The Morgan fingerprint density at radius 3 is 2.89 bits per heavy atom. The van der Waals surface area contributed by atoms with Crippen LogP contribution < -0.4 is 0 Å². The second-order valence-electron chi connectivity index (χ2n) is 4.19. The van der Waals surface area contributed by atoms with Crippen LogP contribution in [0.4, 0.5) is 0 Å². The highest BCUT2D eigenvalue weighted by atomic mass is 127. The number of benzene rings is 1. The van der Waals surface area contributed by atoms with Gasteiger partial charge in [0.2, 0.25) is 0 Å². The zero-order valence-corrected chi connectivity index (χ0v) is 11.4. The van der Waals surface area contributed by atoms with Crippen molar-refractivity contribution in [2.24, 2.45) is 0 Å². The maximum Gasteiger partial charge on any atom is 0.337 e. The number of hydrogen-bond acceptors (Lipinski definition) is 4. The Balaban J connectivity index is 2.15. The van der Waals surface area contributed by atoms with Crippen molar-refractivity contribution in [1.29, 1.82) is 0 Å². The van der Waals surface area contributed by atoms with E-state index in [4.69, 9.17) is 0 Å². The van der Waals surface area contributed by atoms with Crippen LogP contribution in [0.1, 0.15) is 34.9 Å². The molecule has 1 aliphatic carbocycles. The number of carbonyl (C=O) groups is 1. The predicted molar refractivity (Wildman–Crippen MR) is 70.8 cm³/mol. The molecule has 7 heteroatoms. The van der Waals surface area contributed by atoms with Crippen LogP contribution >= 0.6 is 22.6 Å². The van der Waals surface area contributed by atoms with Crippen molar-refractivity contribution >= 4 is 28.6 Å². The summed E-state index contributed by atoms with van der Waals surface area (Å²) < 4.78 is 2.41. The topological polar surface area (TPSA) is 80.9 Å². The van der Waals surface area contributed by atoms with E-state index in [2.05, 4.69) is 38.1 Å². The molecule has 0 radical (unpaired) electrons. The molecule has 1 N–H and O–H groups in total. The van der Waals surface area contributed by atoms with Gasteiger partial charge in [-0.2, -0.15) is 4.68 Å². The molecule has 0 amide bonds. The number of halogens is 1. The van der Waals surface area contributed by atoms with E-state index in [0.717, 1.165) is 22.2 Å². The summed E-state index contributed by atoms with van der Waals surface area (Å²) in [5.74, 6) is 0.139. The molecule has 1 aliphatic rings. The van der Waals surface area contributed by atoms with Gasteiger partial charge in [-0.25, -0.2) is 4.79 Å². The molecule has 0 bridgehead atoms. The van der Waals surface area contributed by atoms with Crippen molar-refractivity contribution < 1.29 is 9.90 Å². The zero-order chi connectivity index (χ0) is 12.7. The van der Waals surface area contributed by atoms with Crippen molar-refractivity contribution in [1.82, 2.24) is 20.2 Å². The Kier molecular flexibility index (Phi) is 2.77. The van der Waals surface area contributed by atoms with Crippen LogP contribution in [0, 0.1) is 3.57 Å². The van der Waals surface area contributed by atoms with E-state index >= 15 is 0 Å². The molecule has 1 fully saturated rings. The summed E-state index contributed by atoms with van der Waals surface area (Å²) in [5.41, 5.74) is 0.742. The quantitative estimate of drug-likeness (QED) is 0.849. The van der Waals surface area contributed by atoms with Gasteiger partial charge in [-0.1, -0.05) is 0 Å². The Morgan fingerprint density at radius 2 is 2.22 bits per heavy atom. The largest absolute Gasteiger partial charge is 0.478 e. The molecule has 0 atom stereocenters. The third kappa shape index (κ3) is 1.98. The minimum absolute atomic E-state index is 0.219. The summed E-state index contributed by atoms with van der Waals surface area (Å²) in [5, 5.41) is 20.8. The fourth-order valence-electron chi connectivity index (χ4n) is 1.83. The van der Waals surface area contributed by atoms with Gasteiger partial charge in [0, 0.05) is 9.49 Å². The highest BCUT2D eigenvalue weighted by Crippen LogP contribution is 2.39. The van der Waals surface area contributed by atoms with Crippen LogP contribution in [0.25, 0.3) is 5.69 Å². The number of aromatic carboxylic acids is 1. The Hall–Kier alpha value is -1.51. The monoisotopic (exact) mass is 356 g/mol. The van der Waals surface area contributed by atoms with E-state index in [9.17, 15) is 9.90 Å². The zero-order valence-electron chi connectivity index (χ0n) is 9.25. The molecule has 0 aliphatic heterocycles. The third-order valence-corrected chi connectivity index (χ3v) is 3.52. The van der Waals surface area contributed by atoms with Crippen LogP contribution in [-0.2, 0) is 0 Å². The van der Waals surface area contributed by atoms with Gasteiger partial charge in [-0.05, 0) is 64.1 Å². The van der Waals surface area contributed by atoms with E-state index in [1.54, 1.807) is 12.1 Å².